The third kappa shape index (κ3) is 3.81. The van der Waals surface area contributed by atoms with Gasteiger partial charge in [-0.05, 0) is 35.8 Å². The van der Waals surface area contributed by atoms with Crippen LogP contribution in [0.1, 0.15) is 24.2 Å². The normalized spacial score (nSPS) is 12.2. The number of hydrogen-bond acceptors (Lipinski definition) is 3. The number of hydrogen-bond donors (Lipinski definition) is 1. The molecule has 9 heteroatoms. The van der Waals surface area contributed by atoms with Gasteiger partial charge in [0.05, 0.1) is 22.9 Å². The van der Waals surface area contributed by atoms with Crippen molar-refractivity contribution < 1.29 is 9.18 Å². The van der Waals surface area contributed by atoms with Crippen LogP contribution >= 0.6 is 27.5 Å². The van der Waals surface area contributed by atoms with Gasteiger partial charge >= 0.3 is 0 Å². The van der Waals surface area contributed by atoms with Crippen molar-refractivity contribution in [2.75, 3.05) is 5.32 Å². The van der Waals surface area contributed by atoms with E-state index in [0.717, 1.165) is 10.2 Å². The molecular weight excluding hydrogens is 425 g/mol. The number of rotatable bonds is 5. The minimum atomic E-state index is -0.547. The summed E-state index contributed by atoms with van der Waals surface area (Å²) in [6.45, 7) is 3.80. The second-order valence-electron chi connectivity index (χ2n) is 5.80. The number of carbonyl (C=O) groups excluding carboxylic acids is 1. The molecule has 1 amide bonds. The second-order valence-corrected chi connectivity index (χ2v) is 7.06. The molecule has 1 unspecified atom stereocenters. The molecule has 136 valence electrons. The molecule has 2 heterocycles. The number of benzene rings is 1. The summed E-state index contributed by atoms with van der Waals surface area (Å²) in [5.41, 5.74) is 1.32. The fraction of sp³-hybridized carbons (Fsp3) is 0.235. The van der Waals surface area contributed by atoms with Gasteiger partial charge < -0.3 is 5.32 Å². The molecule has 0 radical (unpaired) electrons. The topological polar surface area (TPSA) is 64.7 Å². The first-order chi connectivity index (χ1) is 12.4. The Morgan fingerprint density at radius 3 is 2.81 bits per heavy atom. The van der Waals surface area contributed by atoms with Gasteiger partial charge in [-0.1, -0.05) is 29.8 Å². The Hall–Kier alpha value is -2.19. The molecule has 1 aromatic carbocycles. The molecule has 0 aliphatic heterocycles. The molecule has 0 spiro atoms. The predicted octanol–water partition coefficient (Wildman–Crippen LogP) is 4.19. The smallest absolute Gasteiger partial charge is 0.250 e. The lowest BCUT2D eigenvalue weighted by atomic mass is 10.2. The third-order valence-electron chi connectivity index (χ3n) is 3.98. The zero-order valence-electron chi connectivity index (χ0n) is 14.1. The molecule has 1 atom stereocenters. The number of nitrogens with zero attached hydrogens (tertiary/aromatic N) is 4. The van der Waals surface area contributed by atoms with Gasteiger partial charge in [0.1, 0.15) is 16.9 Å². The molecule has 0 saturated carbocycles. The first-order valence-electron chi connectivity index (χ1n) is 7.83. The van der Waals surface area contributed by atoms with E-state index in [1.165, 1.54) is 10.7 Å². The lowest BCUT2D eigenvalue weighted by Crippen LogP contribution is -2.25. The van der Waals surface area contributed by atoms with Gasteiger partial charge in [0.15, 0.2) is 5.82 Å². The number of halogens is 3. The van der Waals surface area contributed by atoms with Crippen LogP contribution in [-0.4, -0.2) is 25.5 Å². The van der Waals surface area contributed by atoms with Crippen LogP contribution in [0, 0.1) is 12.7 Å². The van der Waals surface area contributed by atoms with Crippen LogP contribution in [0.2, 0.25) is 5.02 Å². The maximum atomic E-state index is 13.8. The van der Waals surface area contributed by atoms with Crippen LogP contribution in [0.15, 0.2) is 41.1 Å². The number of anilines is 1. The molecule has 0 fully saturated rings. The summed E-state index contributed by atoms with van der Waals surface area (Å²) in [7, 11) is 0. The maximum Gasteiger partial charge on any atom is 0.250 e. The van der Waals surface area contributed by atoms with Crippen LogP contribution in [0.5, 0.6) is 0 Å². The van der Waals surface area contributed by atoms with E-state index in [0.29, 0.717) is 5.56 Å². The van der Waals surface area contributed by atoms with Crippen molar-refractivity contribution in [1.82, 2.24) is 19.6 Å². The summed E-state index contributed by atoms with van der Waals surface area (Å²) in [4.78, 5) is 12.5. The van der Waals surface area contributed by atoms with Gasteiger partial charge in [-0.3, -0.25) is 14.2 Å². The maximum absolute atomic E-state index is 13.8. The van der Waals surface area contributed by atoms with E-state index in [9.17, 15) is 9.18 Å². The molecule has 0 aliphatic rings. The monoisotopic (exact) mass is 439 g/mol. The van der Waals surface area contributed by atoms with E-state index in [-0.39, 0.29) is 29.1 Å². The van der Waals surface area contributed by atoms with E-state index in [4.69, 9.17) is 11.6 Å². The molecule has 0 saturated heterocycles. The molecular formula is C17H16BrClFN5O. The highest BCUT2D eigenvalue weighted by Crippen LogP contribution is 2.23. The number of aromatic nitrogens is 4. The Morgan fingerprint density at radius 1 is 1.42 bits per heavy atom. The first kappa shape index (κ1) is 18.6. The van der Waals surface area contributed by atoms with Crippen molar-refractivity contribution in [3.05, 3.63) is 63.2 Å². The molecule has 2 aromatic heterocycles. The predicted molar refractivity (Wildman–Crippen MR) is 101 cm³/mol. The summed E-state index contributed by atoms with van der Waals surface area (Å²) in [6, 6.07) is 5.88. The van der Waals surface area contributed by atoms with E-state index in [1.54, 1.807) is 42.2 Å². The lowest BCUT2D eigenvalue weighted by molar-refractivity contribution is -0.119. The minimum Gasteiger partial charge on any atom is -0.306 e. The molecule has 3 aromatic rings. The fourth-order valence-electron chi connectivity index (χ4n) is 2.49. The Morgan fingerprint density at radius 2 is 2.15 bits per heavy atom. The van der Waals surface area contributed by atoms with Crippen molar-refractivity contribution in [3.8, 4) is 0 Å². The fourth-order valence-corrected chi connectivity index (χ4v) is 2.96. The van der Waals surface area contributed by atoms with Crippen LogP contribution in [0.25, 0.3) is 0 Å². The average Bonchev–Trinajstić information content (AvgIpc) is 3.12. The van der Waals surface area contributed by atoms with Crippen molar-refractivity contribution in [3.63, 3.8) is 0 Å². The Balaban J connectivity index is 1.74. The van der Waals surface area contributed by atoms with E-state index >= 15 is 0 Å². The van der Waals surface area contributed by atoms with Crippen molar-refractivity contribution in [2.45, 2.75) is 26.4 Å². The van der Waals surface area contributed by atoms with Crippen LogP contribution in [-0.2, 0) is 11.3 Å². The highest BCUT2D eigenvalue weighted by Gasteiger charge is 2.21. The first-order valence-corrected chi connectivity index (χ1v) is 9.00. The highest BCUT2D eigenvalue weighted by atomic mass is 79.9. The summed E-state index contributed by atoms with van der Waals surface area (Å²) in [5.74, 6) is -0.400. The Labute approximate surface area is 163 Å². The van der Waals surface area contributed by atoms with Gasteiger partial charge in [-0.15, -0.1) is 0 Å². The Bertz CT molecular complexity index is 955. The Kier molecular flexibility index (Phi) is 5.43. The molecule has 26 heavy (non-hydrogen) atoms. The third-order valence-corrected chi connectivity index (χ3v) is 5.04. The standard InChI is InChI=1S/C17H16BrClFN5O/c1-10-13(18)7-21-25(10)11(2)17(26)22-16-14(19)9-24(23-16)8-12-5-3-4-6-15(12)20/h3-7,9,11H,8H2,1-2H3,(H,22,23,26). The van der Waals surface area contributed by atoms with Crippen LogP contribution in [0.4, 0.5) is 10.2 Å². The summed E-state index contributed by atoms with van der Waals surface area (Å²) in [5, 5.41) is 11.4. The van der Waals surface area contributed by atoms with E-state index in [2.05, 4.69) is 31.4 Å². The highest BCUT2D eigenvalue weighted by molar-refractivity contribution is 9.10. The van der Waals surface area contributed by atoms with Crippen LogP contribution in [0.3, 0.4) is 0 Å². The zero-order chi connectivity index (χ0) is 18.8. The molecule has 6 nitrogen and oxygen atoms in total. The van der Waals surface area contributed by atoms with Crippen molar-refractivity contribution >= 4 is 39.3 Å². The summed E-state index contributed by atoms with van der Waals surface area (Å²) >= 11 is 9.53. The summed E-state index contributed by atoms with van der Waals surface area (Å²) in [6.07, 6.45) is 3.18. The van der Waals surface area contributed by atoms with Crippen molar-refractivity contribution in [2.24, 2.45) is 0 Å². The van der Waals surface area contributed by atoms with Gasteiger partial charge in [-0.25, -0.2) is 4.39 Å². The van der Waals surface area contributed by atoms with Gasteiger partial charge in [-0.2, -0.15) is 10.2 Å². The molecule has 0 bridgehead atoms. The quantitative estimate of drug-likeness (QED) is 0.647. The molecule has 0 aliphatic carbocycles. The number of carbonyl (C=O) groups is 1. The van der Waals surface area contributed by atoms with Gasteiger partial charge in [0.2, 0.25) is 5.91 Å². The molecule has 1 N–H and O–H groups in total. The number of nitrogens with one attached hydrogen (secondary N) is 1. The minimum absolute atomic E-state index is 0.211. The van der Waals surface area contributed by atoms with Crippen LogP contribution < -0.4 is 5.32 Å². The van der Waals surface area contributed by atoms with E-state index in [1.807, 2.05) is 6.92 Å². The van der Waals surface area contributed by atoms with Gasteiger partial charge in [0.25, 0.3) is 0 Å². The van der Waals surface area contributed by atoms with Crippen molar-refractivity contribution in [1.29, 1.82) is 0 Å². The lowest BCUT2D eigenvalue weighted by Gasteiger charge is -2.13. The second kappa shape index (κ2) is 7.59. The SMILES string of the molecule is Cc1c(Br)cnn1C(C)C(=O)Nc1nn(Cc2ccccc2F)cc1Cl. The molecule has 3 rings (SSSR count). The summed E-state index contributed by atoms with van der Waals surface area (Å²) < 4.78 is 17.7. The van der Waals surface area contributed by atoms with Gasteiger partial charge in [0, 0.05) is 11.8 Å². The largest absolute Gasteiger partial charge is 0.306 e. The number of amides is 1. The average molecular weight is 441 g/mol. The zero-order valence-corrected chi connectivity index (χ0v) is 16.4. The van der Waals surface area contributed by atoms with E-state index < -0.39 is 6.04 Å².